The molecular weight excluding hydrogens is 1380 g/mol. The highest BCUT2D eigenvalue weighted by atomic mass is 32.1. The molecule has 0 saturated carbocycles. The summed E-state index contributed by atoms with van der Waals surface area (Å²) < 4.78 is 2.29. The van der Waals surface area contributed by atoms with Gasteiger partial charge in [-0.25, -0.2) is 19.9 Å². The molecule has 0 radical (unpaired) electrons. The van der Waals surface area contributed by atoms with Gasteiger partial charge in [-0.3, -0.25) is 9.59 Å². The molecule has 6 heterocycles. The van der Waals surface area contributed by atoms with Gasteiger partial charge >= 0.3 is 0 Å². The Morgan fingerprint density at radius 1 is 0.427 bits per heavy atom. The van der Waals surface area contributed by atoms with Gasteiger partial charge in [0.05, 0.1) is 20.6 Å². The van der Waals surface area contributed by atoms with Gasteiger partial charge in [-0.15, -0.1) is 29.1 Å². The number of nitriles is 3. The normalized spacial score (nSPS) is 15.5. The number of benzene rings is 9. The van der Waals surface area contributed by atoms with Crippen LogP contribution in [0.1, 0.15) is 109 Å². The molecule has 0 saturated heterocycles. The number of thiazole rings is 4. The zero-order valence-corrected chi connectivity index (χ0v) is 60.2. The maximum Gasteiger partial charge on any atom is 0.194 e. The molecule has 15 aromatic rings. The van der Waals surface area contributed by atoms with E-state index in [1.807, 2.05) is 36.4 Å². The Balaban J connectivity index is 0.779. The van der Waals surface area contributed by atoms with Crippen LogP contribution in [0.5, 0.6) is 0 Å². The molecule has 0 N–H and O–H groups in total. The van der Waals surface area contributed by atoms with Gasteiger partial charge in [0.2, 0.25) is 0 Å². The van der Waals surface area contributed by atoms with E-state index >= 15 is 0 Å². The van der Waals surface area contributed by atoms with Crippen molar-refractivity contribution in [2.24, 2.45) is 0 Å². The van der Waals surface area contributed by atoms with E-state index in [9.17, 15) is 25.4 Å². The Morgan fingerprint density at radius 2 is 0.835 bits per heavy atom. The van der Waals surface area contributed by atoms with E-state index in [0.717, 1.165) is 64.3 Å². The van der Waals surface area contributed by atoms with Gasteiger partial charge in [-0.2, -0.15) is 15.8 Å². The van der Waals surface area contributed by atoms with Crippen LogP contribution in [0.15, 0.2) is 222 Å². The second-order valence-electron chi connectivity index (χ2n) is 26.5. The number of rotatable bonds is 9. The maximum atomic E-state index is 14.0. The molecule has 0 aliphatic heterocycles. The molecule has 9 aromatic carbocycles. The third kappa shape index (κ3) is 9.15. The summed E-state index contributed by atoms with van der Waals surface area (Å²) in [7, 11) is 0. The molecule has 6 aromatic heterocycles. The van der Waals surface area contributed by atoms with Crippen LogP contribution >= 0.6 is 68.0 Å². The second kappa shape index (κ2) is 23.4. The number of hydrogen-bond donors (Lipinski definition) is 0. The van der Waals surface area contributed by atoms with Gasteiger partial charge < -0.3 is 0 Å². The van der Waals surface area contributed by atoms with Crippen LogP contribution in [0.4, 0.5) is 0 Å². The van der Waals surface area contributed by atoms with E-state index in [2.05, 4.69) is 185 Å². The molecule has 0 fully saturated rings. The van der Waals surface area contributed by atoms with Gasteiger partial charge in [0, 0.05) is 49.2 Å². The molecule has 9 nitrogen and oxygen atoms in total. The fraction of sp³-hybridized carbons (Fsp3) is 0.0795. The molecule has 0 spiro atoms. The average Bonchev–Trinajstić information content (AvgIpc) is 1.50. The number of hydrogen-bond acceptors (Lipinski definition) is 15. The topological polar surface area (TPSA) is 157 Å². The molecule has 4 aliphatic carbocycles. The predicted molar refractivity (Wildman–Crippen MR) is 420 cm³/mol. The second-order valence-corrected chi connectivity index (χ2v) is 32.6. The van der Waals surface area contributed by atoms with Crippen molar-refractivity contribution >= 4 is 136 Å². The molecule has 103 heavy (non-hydrogen) atoms. The Morgan fingerprint density at radius 3 is 1.26 bits per heavy atom. The highest BCUT2D eigenvalue weighted by molar-refractivity contribution is 7.32. The van der Waals surface area contributed by atoms with Crippen molar-refractivity contribution in [2.75, 3.05) is 0 Å². The summed E-state index contributed by atoms with van der Waals surface area (Å²) in [5.41, 5.74) is 21.1. The lowest BCUT2D eigenvalue weighted by Crippen LogP contribution is -2.30. The number of thiophene rings is 2. The molecule has 4 aliphatic rings. The number of nitrogens with zero attached hydrogens (tertiary/aromatic N) is 7. The van der Waals surface area contributed by atoms with Crippen LogP contribution < -0.4 is 0 Å². The van der Waals surface area contributed by atoms with Crippen LogP contribution in [-0.4, -0.2) is 31.5 Å². The molecule has 19 rings (SSSR count). The quantitative estimate of drug-likeness (QED) is 0.0779. The predicted octanol–water partition coefficient (Wildman–Crippen LogP) is 21.9. The first-order valence-electron chi connectivity index (χ1n) is 33.3. The van der Waals surface area contributed by atoms with Crippen LogP contribution in [-0.2, 0) is 17.3 Å². The van der Waals surface area contributed by atoms with E-state index in [1.165, 1.54) is 123 Å². The van der Waals surface area contributed by atoms with Crippen molar-refractivity contribution in [3.63, 3.8) is 0 Å². The summed E-state index contributed by atoms with van der Waals surface area (Å²) in [5.74, 6) is 2.12. The first kappa shape index (κ1) is 62.3. The number of allylic oxidation sites excluding steroid dienone is 7. The summed E-state index contributed by atoms with van der Waals surface area (Å²) in [4.78, 5) is 53.7. The van der Waals surface area contributed by atoms with Crippen molar-refractivity contribution in [2.45, 2.75) is 44.9 Å². The van der Waals surface area contributed by atoms with Crippen LogP contribution in [0.3, 0.4) is 0 Å². The van der Waals surface area contributed by atoms with Crippen LogP contribution in [0.25, 0.3) is 98.7 Å². The number of Topliss-reactive ketones (excluding diaryl/α,β-unsaturated/α-hetero) is 2. The lowest BCUT2D eigenvalue weighted by atomic mass is 9.65. The number of aromatic nitrogens is 4. The summed E-state index contributed by atoms with van der Waals surface area (Å²) in [6.45, 7) is 8.62. The van der Waals surface area contributed by atoms with E-state index in [-0.39, 0.29) is 22.7 Å². The molecule has 15 heteroatoms. The lowest BCUT2D eigenvalue weighted by Gasteiger charge is -2.36. The van der Waals surface area contributed by atoms with Gasteiger partial charge in [0.15, 0.2) is 30.9 Å². The number of terminal acetylenes is 1. The fourth-order valence-electron chi connectivity index (χ4n) is 16.2. The average molecular weight is 1430 g/mol. The molecule has 484 valence electrons. The number of carbonyl (C=O) groups is 2. The summed E-state index contributed by atoms with van der Waals surface area (Å²) in [6.07, 6.45) is 9.76. The summed E-state index contributed by atoms with van der Waals surface area (Å²) in [5, 5.41) is 35.5. The standard InChI is InChI=1S/C88H49N7O2S6/c1-6-49(42-89)75-55-11-7-10-14-60(55)80(97)66(75)41-74-93-84-86(101-74)95-82(103-84)72-40-65-70(99-72)35-32-58-63-38-67-62(37-68(63)88(78(58)65,53-27-19-47(4)20-28-53)54-29-21-48(5)22-30-54)57-31-34-69-64(77(57)87(67,51-23-15-45(2)16-24-51)52-25-17-46(3)18-26-52)39-71(98-69)81-94-85-83(102-81)92-73(100-85)36-33-61-76(50(43-90)44-91)56-12-8-9-13-59(56)79(61)96/h1,7-35,37-41H,36H2,2-5H3/b61-33-,66-41-,75-49+. The SMILES string of the molecule is C#C/C(C#N)=C1\C(=C\c2nc3sc(-c4cc5c6c(ccc5s4)-c4cc5c(cc4C6(c4ccc(C)cc4)c4ccc(C)cc4)-c4ccc6sc(-c7nc8sc(C/C=C9\C(=O)c%10ccccc%10C9=C(C#N)C#N)nc8s7)cc6c4C5(c4ccc(C)cc4)c4ccc(C)cc4)nc3s2)C(=O)c2ccccc21. The Hall–Kier alpha value is -11.7. The fourth-order valence-corrected chi connectivity index (χ4v) is 22.4. The number of ketones is 2. The zero-order valence-electron chi connectivity index (χ0n) is 55.3. The number of aryl methyl sites for hydroxylation is 4. The molecule has 0 unspecified atom stereocenters. The zero-order chi connectivity index (χ0) is 69.9. The van der Waals surface area contributed by atoms with E-state index < -0.39 is 10.8 Å². The third-order valence-corrected chi connectivity index (χ3v) is 27.3. The van der Waals surface area contributed by atoms with Crippen molar-refractivity contribution < 1.29 is 9.59 Å². The van der Waals surface area contributed by atoms with Crippen molar-refractivity contribution in [3.8, 4) is 72.6 Å². The number of fused-ring (bicyclic) bond motifs is 14. The van der Waals surface area contributed by atoms with Gasteiger partial charge in [-0.05, 0) is 159 Å². The summed E-state index contributed by atoms with van der Waals surface area (Å²) in [6, 6.07) is 76.5. The van der Waals surface area contributed by atoms with Crippen molar-refractivity contribution in [1.29, 1.82) is 15.8 Å². The van der Waals surface area contributed by atoms with Gasteiger partial charge in [-0.1, -0.05) is 237 Å². The first-order chi connectivity index (χ1) is 50.3. The van der Waals surface area contributed by atoms with Crippen LogP contribution in [0.2, 0.25) is 0 Å². The van der Waals surface area contributed by atoms with Crippen molar-refractivity contribution in [3.05, 3.63) is 322 Å². The van der Waals surface area contributed by atoms with E-state index in [0.29, 0.717) is 56.0 Å². The Kier molecular flexibility index (Phi) is 14.2. The molecule has 0 amide bonds. The van der Waals surface area contributed by atoms with Gasteiger partial charge in [0.25, 0.3) is 0 Å². The Bertz CT molecular complexity index is 6460. The van der Waals surface area contributed by atoms with E-state index in [1.54, 1.807) is 70.4 Å². The highest BCUT2D eigenvalue weighted by Gasteiger charge is 2.53. The summed E-state index contributed by atoms with van der Waals surface area (Å²) >= 11 is 9.49. The lowest BCUT2D eigenvalue weighted by molar-refractivity contribution is 0.103. The minimum atomic E-state index is -0.805. The largest absolute Gasteiger partial charge is 0.289 e. The van der Waals surface area contributed by atoms with Crippen LogP contribution in [0, 0.1) is 74.0 Å². The van der Waals surface area contributed by atoms with Gasteiger partial charge in [0.1, 0.15) is 49.4 Å². The molecular formula is C88H49N7O2S6. The number of carbonyl (C=O) groups excluding carboxylic acids is 2. The third-order valence-electron chi connectivity index (χ3n) is 20.7. The first-order valence-corrected chi connectivity index (χ1v) is 38.2. The molecule has 0 bridgehead atoms. The minimum absolute atomic E-state index is 0.0908. The molecule has 0 atom stereocenters. The Labute approximate surface area is 615 Å². The smallest absolute Gasteiger partial charge is 0.194 e. The van der Waals surface area contributed by atoms with E-state index in [4.69, 9.17) is 26.4 Å². The van der Waals surface area contributed by atoms with Crippen molar-refractivity contribution in [1.82, 2.24) is 19.9 Å². The monoisotopic (exact) mass is 1430 g/mol. The maximum absolute atomic E-state index is 14.0. The highest BCUT2D eigenvalue weighted by Crippen LogP contribution is 2.66. The minimum Gasteiger partial charge on any atom is -0.289 e.